The third-order valence-electron chi connectivity index (χ3n) is 8.48. The molecule has 0 saturated heterocycles. The van der Waals surface area contributed by atoms with Gasteiger partial charge in [0.25, 0.3) is 0 Å². The predicted molar refractivity (Wildman–Crippen MR) is 230 cm³/mol. The van der Waals surface area contributed by atoms with Gasteiger partial charge in [-0.2, -0.15) is 0 Å². The second kappa shape index (κ2) is 27.5. The molecular formula is C43H41Br3F8O12. The second-order valence-corrected chi connectivity index (χ2v) is 16.1. The highest BCUT2D eigenvalue weighted by atomic mass is 79.9. The fraction of sp³-hybridized carbons (Fsp3) is 0.349. The van der Waals surface area contributed by atoms with Crippen LogP contribution in [0.1, 0.15) is 38.5 Å². The van der Waals surface area contributed by atoms with E-state index in [1.807, 2.05) is 0 Å². The molecule has 23 heteroatoms. The van der Waals surface area contributed by atoms with Gasteiger partial charge in [-0.1, -0.05) is 47.8 Å². The van der Waals surface area contributed by atoms with Crippen LogP contribution >= 0.6 is 47.8 Å². The van der Waals surface area contributed by atoms with Crippen LogP contribution in [-0.2, 0) is 33.4 Å². The number of rotatable bonds is 14. The van der Waals surface area contributed by atoms with Gasteiger partial charge in [-0.15, -0.1) is 0 Å². The average molecular weight is 1140 g/mol. The molecule has 66 heavy (non-hydrogen) atoms. The van der Waals surface area contributed by atoms with Crippen LogP contribution in [0, 0.1) is 46.5 Å². The van der Waals surface area contributed by atoms with Crippen molar-refractivity contribution in [3.05, 3.63) is 119 Å². The van der Waals surface area contributed by atoms with Crippen molar-refractivity contribution in [1.82, 2.24) is 0 Å². The van der Waals surface area contributed by atoms with Gasteiger partial charge in [-0.3, -0.25) is 4.79 Å². The van der Waals surface area contributed by atoms with E-state index in [9.17, 15) is 54.3 Å². The van der Waals surface area contributed by atoms with Gasteiger partial charge < -0.3 is 38.6 Å². The van der Waals surface area contributed by atoms with Crippen molar-refractivity contribution in [2.75, 3.05) is 32.0 Å². The first-order valence-electron chi connectivity index (χ1n) is 18.9. The zero-order valence-corrected chi connectivity index (χ0v) is 39.6. The Labute approximate surface area is 397 Å². The molecule has 0 spiro atoms. The van der Waals surface area contributed by atoms with Crippen molar-refractivity contribution in [3.8, 4) is 23.0 Å². The molecule has 4 aromatic rings. The van der Waals surface area contributed by atoms with Crippen LogP contribution < -0.4 is 14.2 Å². The number of carboxylic acid groups (broad SMARTS) is 1. The molecule has 2 atom stereocenters. The molecule has 0 aliphatic heterocycles. The number of halogens is 11. The first-order chi connectivity index (χ1) is 31.1. The van der Waals surface area contributed by atoms with E-state index in [4.69, 9.17) is 24.4 Å². The van der Waals surface area contributed by atoms with Gasteiger partial charge in [-0.25, -0.2) is 49.5 Å². The standard InChI is InChI=1S/C11H11BrF2O3.C11H10F2O3.C10H8F2O3.C6H4F2O.C5H8Br2O2/c1-16-11(15)10(4-5-12)17-9-3-2-7(13)6-8(9)14;1-15-10(14)11(4-5-11)16-9-3-2-7(12)6-8(9)13;11-6-1-2-8(7(12)5-6)15-10(3-4-10)9(13)14;7-4-1-2-6(9)5(8)3-4;1-9-5(8)4(7)2-3-6/h2-3,6,10H,4-5H2,1H3;2-3,6H,4-5H2,1H3;1-2,5H,3-4H2,(H,13,14);1-3,9H;4H,2-3H2,1H3. The Bertz CT molecular complexity index is 2250. The van der Waals surface area contributed by atoms with Gasteiger partial charge in [-0.05, 0) is 55.0 Å². The molecule has 2 N–H and O–H groups in total. The molecule has 0 aromatic heterocycles. The predicted octanol–water partition coefficient (Wildman–Crippen LogP) is 10.1. The zero-order valence-electron chi connectivity index (χ0n) is 34.9. The summed E-state index contributed by atoms with van der Waals surface area (Å²) in [5.41, 5.74) is -2.38. The quantitative estimate of drug-likeness (QED) is 0.0533. The molecule has 0 radical (unpaired) electrons. The van der Waals surface area contributed by atoms with E-state index < -0.39 is 87.5 Å². The minimum atomic E-state index is -1.31. The normalized spacial score (nSPS) is 14.1. The Morgan fingerprint density at radius 2 is 0.970 bits per heavy atom. The molecule has 0 amide bonds. The van der Waals surface area contributed by atoms with Crippen LogP contribution in [0.4, 0.5) is 35.1 Å². The summed E-state index contributed by atoms with van der Waals surface area (Å²) in [5.74, 6) is -9.84. The van der Waals surface area contributed by atoms with Crippen LogP contribution in [0.3, 0.4) is 0 Å². The number of ether oxygens (including phenoxy) is 6. The third kappa shape index (κ3) is 18.6. The first kappa shape index (κ1) is 57.0. The summed E-state index contributed by atoms with van der Waals surface area (Å²) in [4.78, 5) is 43.8. The number of hydrogen-bond donors (Lipinski definition) is 2. The van der Waals surface area contributed by atoms with E-state index in [0.29, 0.717) is 61.7 Å². The van der Waals surface area contributed by atoms with E-state index in [1.54, 1.807) is 0 Å². The van der Waals surface area contributed by atoms with Crippen molar-refractivity contribution in [3.63, 3.8) is 0 Å². The van der Waals surface area contributed by atoms with E-state index in [2.05, 4.69) is 62.0 Å². The number of hydrogen-bond acceptors (Lipinski definition) is 11. The number of alkyl halides is 3. The minimum absolute atomic E-state index is 0.135. The van der Waals surface area contributed by atoms with Crippen molar-refractivity contribution < 1.29 is 92.9 Å². The number of carbonyl (C=O) groups is 4. The average Bonchev–Trinajstić information content (AvgIpc) is 4.22. The summed E-state index contributed by atoms with van der Waals surface area (Å²) in [6, 6.07) is 11.2. The topological polar surface area (TPSA) is 164 Å². The number of carboxylic acids is 1. The van der Waals surface area contributed by atoms with E-state index in [-0.39, 0.29) is 28.0 Å². The molecule has 6 rings (SSSR count). The van der Waals surface area contributed by atoms with Gasteiger partial charge >= 0.3 is 23.9 Å². The Kier molecular flexibility index (Phi) is 23.7. The Balaban J connectivity index is 0.000000290. The van der Waals surface area contributed by atoms with Crippen LogP contribution in [0.15, 0.2) is 72.8 Å². The number of methoxy groups -OCH3 is 3. The Hall–Kier alpha value is -5.16. The second-order valence-electron chi connectivity index (χ2n) is 13.4. The minimum Gasteiger partial charge on any atom is -0.505 e. The van der Waals surface area contributed by atoms with Gasteiger partial charge in [0, 0.05) is 67.0 Å². The van der Waals surface area contributed by atoms with Gasteiger partial charge in [0.05, 0.1) is 21.3 Å². The van der Waals surface area contributed by atoms with Crippen LogP contribution in [0.5, 0.6) is 23.0 Å². The largest absolute Gasteiger partial charge is 0.505 e. The number of esters is 3. The number of aliphatic carboxylic acids is 1. The van der Waals surface area contributed by atoms with Crippen molar-refractivity contribution in [1.29, 1.82) is 0 Å². The molecule has 0 heterocycles. The highest BCUT2D eigenvalue weighted by molar-refractivity contribution is 9.10. The molecule has 2 aliphatic carbocycles. The summed E-state index contributed by atoms with van der Waals surface area (Å²) in [5, 5.41) is 18.6. The van der Waals surface area contributed by atoms with Gasteiger partial charge in [0.2, 0.25) is 11.2 Å². The summed E-state index contributed by atoms with van der Waals surface area (Å²) >= 11 is 9.52. The lowest BCUT2D eigenvalue weighted by molar-refractivity contribution is -0.151. The molecule has 0 bridgehead atoms. The van der Waals surface area contributed by atoms with Crippen molar-refractivity contribution >= 4 is 71.7 Å². The number of phenolic OH excluding ortho intramolecular Hbond substituents is 1. The molecule has 362 valence electrons. The number of benzene rings is 4. The summed E-state index contributed by atoms with van der Waals surface area (Å²) in [6.45, 7) is 0. The zero-order chi connectivity index (χ0) is 49.8. The lowest BCUT2D eigenvalue weighted by Crippen LogP contribution is -2.31. The van der Waals surface area contributed by atoms with Crippen molar-refractivity contribution in [2.24, 2.45) is 0 Å². The monoisotopic (exact) mass is 1140 g/mol. The van der Waals surface area contributed by atoms with Gasteiger partial charge in [0.15, 0.2) is 52.4 Å². The number of aromatic hydroxyl groups is 1. The molecular weight excluding hydrogens is 1100 g/mol. The molecule has 12 nitrogen and oxygen atoms in total. The third-order valence-corrected chi connectivity index (χ3v) is 10.2. The van der Waals surface area contributed by atoms with Crippen LogP contribution in [0.2, 0.25) is 0 Å². The smallest absolute Gasteiger partial charge is 0.350 e. The SMILES string of the molecule is COC(=O)C(Br)CCBr.COC(=O)C(CCBr)Oc1ccc(F)cc1F.COC(=O)C1(Oc2ccc(F)cc2F)CC1.O=C(O)C1(Oc2ccc(F)cc2F)CC1.Oc1ccc(F)cc1F. The lowest BCUT2D eigenvalue weighted by Gasteiger charge is -2.16. The van der Waals surface area contributed by atoms with E-state index in [1.165, 1.54) is 21.3 Å². The fourth-order valence-corrected chi connectivity index (χ4v) is 6.56. The lowest BCUT2D eigenvalue weighted by atomic mass is 10.2. The maximum absolute atomic E-state index is 13.3. The van der Waals surface area contributed by atoms with Gasteiger partial charge in [0.1, 0.15) is 28.1 Å². The molecule has 4 aromatic carbocycles. The number of carbonyl (C=O) groups excluding carboxylic acids is 3. The summed E-state index contributed by atoms with van der Waals surface area (Å²) in [6.07, 6.45) is 1.82. The van der Waals surface area contributed by atoms with Crippen LogP contribution in [0.25, 0.3) is 0 Å². The maximum Gasteiger partial charge on any atom is 0.350 e. The summed E-state index contributed by atoms with van der Waals surface area (Å²) < 4.78 is 131. The highest BCUT2D eigenvalue weighted by Crippen LogP contribution is 2.42. The molecule has 2 fully saturated rings. The number of phenols is 1. The molecule has 2 unspecified atom stereocenters. The van der Waals surface area contributed by atoms with E-state index >= 15 is 0 Å². The molecule has 2 aliphatic rings. The summed E-state index contributed by atoms with van der Waals surface area (Å²) in [7, 11) is 3.84. The Morgan fingerprint density at radius 1 is 0.576 bits per heavy atom. The first-order valence-corrected chi connectivity index (χ1v) is 22.0. The Morgan fingerprint density at radius 3 is 1.30 bits per heavy atom. The van der Waals surface area contributed by atoms with Crippen LogP contribution in [-0.4, -0.2) is 88.2 Å². The van der Waals surface area contributed by atoms with E-state index in [0.717, 1.165) is 60.3 Å². The fourth-order valence-electron chi connectivity index (χ4n) is 4.66. The molecule has 2 saturated carbocycles. The highest BCUT2D eigenvalue weighted by Gasteiger charge is 2.55. The van der Waals surface area contributed by atoms with Crippen molar-refractivity contribution in [2.45, 2.75) is 60.7 Å². The maximum atomic E-state index is 13.3.